The molecule has 102 valence electrons. The number of hydrogen-bond donors (Lipinski definition) is 1. The third-order valence-corrected chi connectivity index (χ3v) is 3.85. The van der Waals surface area contributed by atoms with Crippen LogP contribution in [0.1, 0.15) is 37.0 Å². The fourth-order valence-electron chi connectivity index (χ4n) is 2.21. The van der Waals surface area contributed by atoms with Gasteiger partial charge in [-0.2, -0.15) is 16.7 Å². The third kappa shape index (κ3) is 3.96. The quantitative estimate of drug-likeness (QED) is 0.844. The fourth-order valence-corrected chi connectivity index (χ4v) is 2.59. The molecule has 1 fully saturated rings. The van der Waals surface area contributed by atoms with Gasteiger partial charge in [0.25, 0.3) is 0 Å². The zero-order chi connectivity index (χ0) is 12.8. The number of hydrogen-bond acceptors (Lipinski definition) is 6. The van der Waals surface area contributed by atoms with Gasteiger partial charge in [-0.3, -0.25) is 0 Å². The van der Waals surface area contributed by atoms with Crippen LogP contribution in [0.5, 0.6) is 0 Å². The summed E-state index contributed by atoms with van der Waals surface area (Å²) in [6, 6.07) is -0.130. The van der Waals surface area contributed by atoms with Crippen LogP contribution < -0.4 is 5.73 Å². The Kier molecular flexibility index (Phi) is 5.46. The second-order valence-corrected chi connectivity index (χ2v) is 5.74. The molecule has 2 heterocycles. The smallest absolute Gasteiger partial charge is 0.227 e. The highest BCUT2D eigenvalue weighted by molar-refractivity contribution is 7.98. The highest BCUT2D eigenvalue weighted by Gasteiger charge is 2.19. The molecule has 0 aliphatic carbocycles. The van der Waals surface area contributed by atoms with Gasteiger partial charge in [0.15, 0.2) is 5.82 Å². The van der Waals surface area contributed by atoms with Gasteiger partial charge in [0.2, 0.25) is 5.89 Å². The summed E-state index contributed by atoms with van der Waals surface area (Å²) in [5, 5.41) is 3.99. The van der Waals surface area contributed by atoms with Crippen molar-refractivity contribution < 1.29 is 4.52 Å². The van der Waals surface area contributed by atoms with E-state index in [9.17, 15) is 0 Å². The van der Waals surface area contributed by atoms with Crippen LogP contribution in [0.15, 0.2) is 4.52 Å². The number of aryl methyl sites for hydroxylation is 1. The Bertz CT molecular complexity index is 352. The van der Waals surface area contributed by atoms with Gasteiger partial charge in [-0.15, -0.1) is 0 Å². The fraction of sp³-hybridized carbons (Fsp3) is 0.833. The molecule has 0 bridgehead atoms. The summed E-state index contributed by atoms with van der Waals surface area (Å²) >= 11 is 1.78. The Labute approximate surface area is 112 Å². The topological polar surface area (TPSA) is 68.2 Å². The Morgan fingerprint density at radius 1 is 1.39 bits per heavy atom. The molecule has 6 heteroatoms. The Morgan fingerprint density at radius 2 is 2.17 bits per heavy atom. The van der Waals surface area contributed by atoms with Gasteiger partial charge in [-0.25, -0.2) is 0 Å². The summed E-state index contributed by atoms with van der Waals surface area (Å²) in [7, 11) is 0. The molecule has 1 unspecified atom stereocenters. The molecule has 0 amide bonds. The standard InChI is InChI=1S/C12H22N4OS/c1-18-8-5-11-14-12(15-17-11)10(13)9-16-6-3-2-4-7-16/h10H,2-9,13H2,1H3. The number of rotatable bonds is 6. The van der Waals surface area contributed by atoms with Crippen LogP contribution in [0.3, 0.4) is 0 Å². The van der Waals surface area contributed by atoms with Gasteiger partial charge in [-0.05, 0) is 32.2 Å². The number of aromatic nitrogens is 2. The van der Waals surface area contributed by atoms with Crippen LogP contribution in [0.25, 0.3) is 0 Å². The summed E-state index contributed by atoms with van der Waals surface area (Å²) in [5.41, 5.74) is 6.14. The number of piperidine rings is 1. The molecule has 0 radical (unpaired) electrons. The molecule has 2 rings (SSSR count). The van der Waals surface area contributed by atoms with Crippen LogP contribution in [0, 0.1) is 0 Å². The van der Waals surface area contributed by atoms with Crippen molar-refractivity contribution in [1.29, 1.82) is 0 Å². The maximum absolute atomic E-state index is 6.14. The predicted octanol–water partition coefficient (Wildman–Crippen LogP) is 1.46. The van der Waals surface area contributed by atoms with E-state index >= 15 is 0 Å². The lowest BCUT2D eigenvalue weighted by atomic mass is 10.1. The molecule has 1 aliphatic heterocycles. The first-order valence-corrected chi connectivity index (χ1v) is 7.98. The van der Waals surface area contributed by atoms with E-state index < -0.39 is 0 Å². The zero-order valence-corrected chi connectivity index (χ0v) is 11.8. The summed E-state index contributed by atoms with van der Waals surface area (Å²) in [5.74, 6) is 2.35. The van der Waals surface area contributed by atoms with Gasteiger partial charge in [0, 0.05) is 18.7 Å². The molecule has 1 atom stereocenters. The van der Waals surface area contributed by atoms with Crippen LogP contribution in [-0.2, 0) is 6.42 Å². The molecule has 0 saturated carbocycles. The maximum atomic E-state index is 6.14. The summed E-state index contributed by atoms with van der Waals surface area (Å²) in [6.07, 6.45) is 6.78. The van der Waals surface area contributed by atoms with Crippen molar-refractivity contribution in [3.05, 3.63) is 11.7 Å². The lowest BCUT2D eigenvalue weighted by molar-refractivity contribution is 0.213. The molecule has 0 spiro atoms. The molecule has 1 aliphatic rings. The van der Waals surface area contributed by atoms with Crippen LogP contribution in [0.2, 0.25) is 0 Å². The SMILES string of the molecule is CSCCc1nc(C(N)CN2CCCCC2)no1. The highest BCUT2D eigenvalue weighted by atomic mass is 32.2. The minimum Gasteiger partial charge on any atom is -0.339 e. The summed E-state index contributed by atoms with van der Waals surface area (Å²) in [6.45, 7) is 3.12. The highest BCUT2D eigenvalue weighted by Crippen LogP contribution is 2.14. The normalized spacial score (nSPS) is 19.0. The van der Waals surface area contributed by atoms with Gasteiger partial charge in [0.1, 0.15) is 0 Å². The summed E-state index contributed by atoms with van der Waals surface area (Å²) < 4.78 is 5.20. The molecular formula is C12H22N4OS. The van der Waals surface area contributed by atoms with Gasteiger partial charge in [0.05, 0.1) is 6.04 Å². The first kappa shape index (κ1) is 13.8. The first-order valence-electron chi connectivity index (χ1n) is 6.59. The number of nitrogens with zero attached hydrogens (tertiary/aromatic N) is 3. The first-order chi connectivity index (χ1) is 8.79. The second-order valence-electron chi connectivity index (χ2n) is 4.76. The Morgan fingerprint density at radius 3 is 2.89 bits per heavy atom. The number of nitrogens with two attached hydrogens (primary N) is 1. The van der Waals surface area contributed by atoms with Crippen molar-refractivity contribution >= 4 is 11.8 Å². The van der Waals surface area contributed by atoms with Crippen molar-refractivity contribution in [1.82, 2.24) is 15.0 Å². The minimum atomic E-state index is -0.130. The van der Waals surface area contributed by atoms with E-state index in [4.69, 9.17) is 10.3 Å². The second kappa shape index (κ2) is 7.11. The van der Waals surface area contributed by atoms with E-state index in [1.165, 1.54) is 19.3 Å². The molecule has 1 aromatic rings. The number of likely N-dealkylation sites (tertiary alicyclic amines) is 1. The van der Waals surface area contributed by atoms with Crippen molar-refractivity contribution in [3.63, 3.8) is 0 Å². The monoisotopic (exact) mass is 270 g/mol. The predicted molar refractivity (Wildman–Crippen MR) is 73.6 cm³/mol. The van der Waals surface area contributed by atoms with Crippen LogP contribution in [0.4, 0.5) is 0 Å². The van der Waals surface area contributed by atoms with E-state index in [1.54, 1.807) is 11.8 Å². The van der Waals surface area contributed by atoms with Gasteiger partial charge < -0.3 is 15.2 Å². The lowest BCUT2D eigenvalue weighted by Gasteiger charge is -2.27. The molecular weight excluding hydrogens is 248 g/mol. The Balaban J connectivity index is 1.83. The maximum Gasteiger partial charge on any atom is 0.227 e. The van der Waals surface area contributed by atoms with E-state index in [0.717, 1.165) is 31.8 Å². The third-order valence-electron chi connectivity index (χ3n) is 3.24. The molecule has 0 aromatic carbocycles. The minimum absolute atomic E-state index is 0.130. The molecule has 5 nitrogen and oxygen atoms in total. The molecule has 18 heavy (non-hydrogen) atoms. The molecule has 1 saturated heterocycles. The van der Waals surface area contributed by atoms with Crippen molar-refractivity contribution in [2.75, 3.05) is 31.6 Å². The van der Waals surface area contributed by atoms with E-state index in [1.807, 2.05) is 0 Å². The Hall–Kier alpha value is -0.590. The average Bonchev–Trinajstić information content (AvgIpc) is 2.86. The van der Waals surface area contributed by atoms with Crippen molar-refractivity contribution in [3.8, 4) is 0 Å². The summed E-state index contributed by atoms with van der Waals surface area (Å²) in [4.78, 5) is 6.77. The largest absolute Gasteiger partial charge is 0.339 e. The van der Waals surface area contributed by atoms with Crippen molar-refractivity contribution in [2.24, 2.45) is 5.73 Å². The van der Waals surface area contributed by atoms with E-state index in [-0.39, 0.29) is 6.04 Å². The number of thioether (sulfide) groups is 1. The average molecular weight is 270 g/mol. The van der Waals surface area contributed by atoms with Crippen LogP contribution >= 0.6 is 11.8 Å². The molecule has 2 N–H and O–H groups in total. The van der Waals surface area contributed by atoms with E-state index in [0.29, 0.717) is 11.7 Å². The molecule has 1 aromatic heterocycles. The van der Waals surface area contributed by atoms with Gasteiger partial charge >= 0.3 is 0 Å². The van der Waals surface area contributed by atoms with E-state index in [2.05, 4.69) is 21.3 Å². The van der Waals surface area contributed by atoms with Crippen molar-refractivity contribution in [2.45, 2.75) is 31.7 Å². The lowest BCUT2D eigenvalue weighted by Crippen LogP contribution is -2.36. The van der Waals surface area contributed by atoms with Crippen LogP contribution in [-0.4, -0.2) is 46.7 Å². The zero-order valence-electron chi connectivity index (χ0n) is 11.0. The van der Waals surface area contributed by atoms with Gasteiger partial charge in [-0.1, -0.05) is 11.6 Å².